The second kappa shape index (κ2) is 4.08. The number of benzene rings is 1. The fourth-order valence-electron chi connectivity index (χ4n) is 1.86. The van der Waals surface area contributed by atoms with Gasteiger partial charge < -0.3 is 9.84 Å². The van der Waals surface area contributed by atoms with E-state index < -0.39 is 20.9 Å². The summed E-state index contributed by atoms with van der Waals surface area (Å²) in [5.74, 6) is -0.170. The smallest absolute Gasteiger partial charge is 0.222 e. The van der Waals surface area contributed by atoms with E-state index in [2.05, 4.69) is 0 Å². The monoisotopic (exact) mass is 256 g/mol. The molecule has 1 heterocycles. The van der Waals surface area contributed by atoms with Crippen molar-refractivity contribution in [1.29, 1.82) is 0 Å². The number of rotatable bonds is 4. The van der Waals surface area contributed by atoms with Crippen LogP contribution in [0.1, 0.15) is 13.8 Å². The van der Waals surface area contributed by atoms with E-state index in [0.29, 0.717) is 0 Å². The number of epoxide rings is 1. The van der Waals surface area contributed by atoms with Gasteiger partial charge >= 0.3 is 0 Å². The topological polar surface area (TPSA) is 66.9 Å². The minimum atomic E-state index is -3.64. The lowest BCUT2D eigenvalue weighted by Crippen LogP contribution is -2.41. The highest BCUT2D eigenvalue weighted by Crippen LogP contribution is 2.43. The highest BCUT2D eigenvalue weighted by molar-refractivity contribution is 7.93. The first kappa shape index (κ1) is 12.5. The lowest BCUT2D eigenvalue weighted by atomic mass is 10.0. The molecule has 0 spiro atoms. The molecular weight excluding hydrogens is 240 g/mol. The molecule has 0 aliphatic carbocycles. The fraction of sp³-hybridized carbons (Fsp3) is 0.500. The molecule has 1 fully saturated rings. The van der Waals surface area contributed by atoms with Crippen molar-refractivity contribution in [2.24, 2.45) is 5.92 Å². The molecule has 1 aromatic carbocycles. The molecule has 5 heteroatoms. The molecule has 2 atom stereocenters. The van der Waals surface area contributed by atoms with Crippen LogP contribution in [0.5, 0.6) is 0 Å². The zero-order valence-corrected chi connectivity index (χ0v) is 10.6. The van der Waals surface area contributed by atoms with Crippen LogP contribution in [0.3, 0.4) is 0 Å². The number of aliphatic hydroxyl groups is 1. The van der Waals surface area contributed by atoms with Gasteiger partial charge in [0.15, 0.2) is 0 Å². The average Bonchev–Trinajstić information content (AvgIpc) is 3.10. The van der Waals surface area contributed by atoms with Gasteiger partial charge in [-0.2, -0.15) is 0 Å². The molecular formula is C12H16O4S. The number of hydrogen-bond acceptors (Lipinski definition) is 4. The average molecular weight is 256 g/mol. The van der Waals surface area contributed by atoms with E-state index in [9.17, 15) is 13.5 Å². The molecule has 1 saturated heterocycles. The summed E-state index contributed by atoms with van der Waals surface area (Å²) in [6.45, 7) is 3.60. The van der Waals surface area contributed by atoms with E-state index >= 15 is 0 Å². The zero-order chi connectivity index (χ0) is 12.7. The van der Waals surface area contributed by atoms with Gasteiger partial charge in [0.25, 0.3) is 0 Å². The predicted octanol–water partition coefficient (Wildman–Crippen LogP) is 1.20. The first-order chi connectivity index (χ1) is 7.92. The highest BCUT2D eigenvalue weighted by atomic mass is 32.2. The van der Waals surface area contributed by atoms with Crippen LogP contribution in [-0.4, -0.2) is 31.2 Å². The van der Waals surface area contributed by atoms with Crippen LogP contribution in [0.2, 0.25) is 0 Å². The lowest BCUT2D eigenvalue weighted by molar-refractivity contribution is 0.0742. The Bertz CT molecular complexity index is 488. The largest absolute Gasteiger partial charge is 0.389 e. The first-order valence-corrected chi connectivity index (χ1v) is 7.02. The molecule has 94 valence electrons. The standard InChI is InChI=1S/C12H16O4S/c1-9(2)11(13)12(8-16-12)17(14,15)10-6-4-3-5-7-10/h3-7,9,11,13H,8H2,1-2H3/t11-,12-/m0/s1. The molecule has 1 N–H and O–H groups in total. The van der Waals surface area contributed by atoms with Crippen molar-refractivity contribution in [2.75, 3.05) is 6.61 Å². The SMILES string of the molecule is CC(C)[C@H](O)[C@@]1(S(=O)(=O)c2ccccc2)CO1. The van der Waals surface area contributed by atoms with E-state index in [1.165, 1.54) is 12.1 Å². The van der Waals surface area contributed by atoms with Crippen molar-refractivity contribution < 1.29 is 18.3 Å². The summed E-state index contributed by atoms with van der Waals surface area (Å²) in [4.78, 5) is -1.25. The maximum absolute atomic E-state index is 12.4. The molecule has 0 bridgehead atoms. The lowest BCUT2D eigenvalue weighted by Gasteiger charge is -2.22. The first-order valence-electron chi connectivity index (χ1n) is 5.53. The summed E-state index contributed by atoms with van der Waals surface area (Å²) < 4.78 is 29.9. The molecule has 17 heavy (non-hydrogen) atoms. The summed E-state index contributed by atoms with van der Waals surface area (Å²) in [5, 5.41) is 10.0. The Labute approximate surface area is 101 Å². The van der Waals surface area contributed by atoms with Gasteiger partial charge in [-0.3, -0.25) is 0 Å². The van der Waals surface area contributed by atoms with Crippen LogP contribution in [0.15, 0.2) is 35.2 Å². The van der Waals surface area contributed by atoms with Crippen LogP contribution >= 0.6 is 0 Å². The Balaban J connectivity index is 2.41. The van der Waals surface area contributed by atoms with Crippen LogP contribution < -0.4 is 0 Å². The summed E-state index contributed by atoms with van der Waals surface area (Å²) in [6.07, 6.45) is -1.01. The van der Waals surface area contributed by atoms with Crippen molar-refractivity contribution in [3.8, 4) is 0 Å². The molecule has 0 amide bonds. The van der Waals surface area contributed by atoms with E-state index in [1.807, 2.05) is 0 Å². The fourth-order valence-corrected chi connectivity index (χ4v) is 3.74. The van der Waals surface area contributed by atoms with E-state index in [-0.39, 0.29) is 17.4 Å². The van der Waals surface area contributed by atoms with Gasteiger partial charge in [-0.05, 0) is 18.1 Å². The number of aliphatic hydroxyl groups excluding tert-OH is 1. The Hall–Kier alpha value is -0.910. The van der Waals surface area contributed by atoms with Gasteiger partial charge in [0.05, 0.1) is 11.5 Å². The Kier molecular flexibility index (Phi) is 3.01. The molecule has 0 unspecified atom stereocenters. The minimum absolute atomic E-state index is 0.0591. The third-order valence-electron chi connectivity index (χ3n) is 3.02. The van der Waals surface area contributed by atoms with Crippen LogP contribution in [0.25, 0.3) is 0 Å². The second-order valence-electron chi connectivity index (χ2n) is 4.61. The van der Waals surface area contributed by atoms with E-state index in [1.54, 1.807) is 32.0 Å². The summed E-state index contributed by atoms with van der Waals surface area (Å²) in [6, 6.07) is 8.10. The minimum Gasteiger partial charge on any atom is -0.389 e. The summed E-state index contributed by atoms with van der Waals surface area (Å²) >= 11 is 0. The number of hydrogen-bond donors (Lipinski definition) is 1. The van der Waals surface area contributed by atoms with Crippen molar-refractivity contribution in [3.63, 3.8) is 0 Å². The van der Waals surface area contributed by atoms with E-state index in [4.69, 9.17) is 4.74 Å². The molecule has 4 nitrogen and oxygen atoms in total. The molecule has 0 aromatic heterocycles. The third kappa shape index (κ3) is 1.88. The Morgan fingerprint density at radius 2 is 1.82 bits per heavy atom. The highest BCUT2D eigenvalue weighted by Gasteiger charge is 2.63. The van der Waals surface area contributed by atoms with Crippen LogP contribution in [-0.2, 0) is 14.6 Å². The van der Waals surface area contributed by atoms with Gasteiger partial charge in [0.1, 0.15) is 6.10 Å². The van der Waals surface area contributed by atoms with E-state index in [0.717, 1.165) is 0 Å². The van der Waals surface area contributed by atoms with Crippen LogP contribution in [0.4, 0.5) is 0 Å². The second-order valence-corrected chi connectivity index (χ2v) is 6.78. The predicted molar refractivity (Wildman–Crippen MR) is 63.2 cm³/mol. The third-order valence-corrected chi connectivity index (χ3v) is 5.30. The van der Waals surface area contributed by atoms with Crippen molar-refractivity contribution >= 4 is 9.84 Å². The summed E-state index contributed by atoms with van der Waals surface area (Å²) in [7, 11) is -3.64. The van der Waals surface area contributed by atoms with Gasteiger partial charge in [-0.1, -0.05) is 32.0 Å². The molecule has 0 saturated carbocycles. The Morgan fingerprint density at radius 1 is 1.29 bits per heavy atom. The number of ether oxygens (including phenoxy) is 1. The van der Waals surface area contributed by atoms with Gasteiger partial charge in [0, 0.05) is 0 Å². The molecule has 1 aliphatic heterocycles. The van der Waals surface area contributed by atoms with Gasteiger partial charge in [-0.15, -0.1) is 0 Å². The van der Waals surface area contributed by atoms with Gasteiger partial charge in [0.2, 0.25) is 14.8 Å². The zero-order valence-electron chi connectivity index (χ0n) is 9.83. The van der Waals surface area contributed by atoms with Crippen molar-refractivity contribution in [1.82, 2.24) is 0 Å². The molecule has 1 aliphatic rings. The van der Waals surface area contributed by atoms with Gasteiger partial charge in [-0.25, -0.2) is 8.42 Å². The van der Waals surface area contributed by atoms with Crippen molar-refractivity contribution in [2.45, 2.75) is 29.8 Å². The maximum Gasteiger partial charge on any atom is 0.222 e. The van der Waals surface area contributed by atoms with Crippen molar-refractivity contribution in [3.05, 3.63) is 30.3 Å². The quantitative estimate of drug-likeness (QED) is 0.822. The maximum atomic E-state index is 12.4. The summed E-state index contributed by atoms with van der Waals surface area (Å²) in [5.41, 5.74) is 0. The molecule has 0 radical (unpaired) electrons. The normalized spacial score (nSPS) is 25.9. The molecule has 2 rings (SSSR count). The number of sulfone groups is 1. The van der Waals surface area contributed by atoms with Crippen LogP contribution in [0, 0.1) is 5.92 Å². The Morgan fingerprint density at radius 3 is 2.24 bits per heavy atom. The molecule has 1 aromatic rings.